The van der Waals surface area contributed by atoms with E-state index in [-0.39, 0.29) is 0 Å². The highest BCUT2D eigenvalue weighted by atomic mass is 16.5. The topological polar surface area (TPSA) is 47.5 Å². The number of ether oxygens (including phenoxy) is 2. The summed E-state index contributed by atoms with van der Waals surface area (Å²) in [5.41, 5.74) is 1.13. The largest absolute Gasteiger partial charge is 0.381 e. The molecule has 0 aromatic carbocycles. The first-order valence-electron chi connectivity index (χ1n) is 8.57. The molecule has 2 aliphatic heterocycles. The fraction of sp³-hybridized carbons (Fsp3) is 0.765. The molecule has 0 spiro atoms. The lowest BCUT2D eigenvalue weighted by Crippen LogP contribution is -2.40. The molecule has 3 rings (SSSR count). The van der Waals surface area contributed by atoms with Gasteiger partial charge in [-0.2, -0.15) is 0 Å². The van der Waals surface area contributed by atoms with Gasteiger partial charge in [0.15, 0.2) is 0 Å². The van der Waals surface area contributed by atoms with Crippen molar-refractivity contribution in [2.75, 3.05) is 31.2 Å². The van der Waals surface area contributed by atoms with E-state index in [0.29, 0.717) is 12.2 Å². The lowest BCUT2D eigenvalue weighted by Gasteiger charge is -2.35. The highest BCUT2D eigenvalue weighted by Crippen LogP contribution is 2.23. The predicted molar refractivity (Wildman–Crippen MR) is 86.3 cm³/mol. The van der Waals surface area contributed by atoms with E-state index >= 15 is 0 Å². The fourth-order valence-electron chi connectivity index (χ4n) is 3.26. The van der Waals surface area contributed by atoms with Crippen molar-refractivity contribution < 1.29 is 9.47 Å². The van der Waals surface area contributed by atoms with Crippen LogP contribution in [0.15, 0.2) is 6.07 Å². The van der Waals surface area contributed by atoms with Crippen molar-refractivity contribution in [2.24, 2.45) is 0 Å². The average molecular weight is 305 g/mol. The van der Waals surface area contributed by atoms with Crippen molar-refractivity contribution in [3.63, 3.8) is 0 Å². The molecule has 2 fully saturated rings. The van der Waals surface area contributed by atoms with Crippen molar-refractivity contribution in [1.82, 2.24) is 9.97 Å². The molecular weight excluding hydrogens is 278 g/mol. The van der Waals surface area contributed by atoms with E-state index in [9.17, 15) is 0 Å². The minimum Gasteiger partial charge on any atom is -0.381 e. The smallest absolute Gasteiger partial charge is 0.132 e. The summed E-state index contributed by atoms with van der Waals surface area (Å²) < 4.78 is 11.6. The molecule has 0 atom stereocenters. The van der Waals surface area contributed by atoms with Crippen LogP contribution in [-0.2, 0) is 15.9 Å². The van der Waals surface area contributed by atoms with Gasteiger partial charge in [0.05, 0.1) is 12.2 Å². The zero-order chi connectivity index (χ0) is 15.4. The monoisotopic (exact) mass is 305 g/mol. The molecule has 2 saturated heterocycles. The van der Waals surface area contributed by atoms with E-state index in [1.807, 2.05) is 6.92 Å². The van der Waals surface area contributed by atoms with Crippen LogP contribution in [0.1, 0.15) is 44.1 Å². The quantitative estimate of drug-likeness (QED) is 0.855. The third kappa shape index (κ3) is 3.96. The average Bonchev–Trinajstić information content (AvgIpc) is 2.56. The number of rotatable bonds is 4. The first-order valence-corrected chi connectivity index (χ1v) is 8.57. The summed E-state index contributed by atoms with van der Waals surface area (Å²) in [5, 5.41) is 0. The van der Waals surface area contributed by atoms with Crippen LogP contribution in [0.5, 0.6) is 0 Å². The van der Waals surface area contributed by atoms with Gasteiger partial charge < -0.3 is 14.4 Å². The first kappa shape index (κ1) is 15.7. The molecule has 122 valence electrons. The fourth-order valence-corrected chi connectivity index (χ4v) is 3.26. The third-order valence-corrected chi connectivity index (χ3v) is 4.56. The van der Waals surface area contributed by atoms with Gasteiger partial charge in [-0.05, 0) is 39.0 Å². The molecule has 2 aliphatic rings. The van der Waals surface area contributed by atoms with Gasteiger partial charge in [0.25, 0.3) is 0 Å². The van der Waals surface area contributed by atoms with Gasteiger partial charge >= 0.3 is 0 Å². The summed E-state index contributed by atoms with van der Waals surface area (Å²) in [6.07, 6.45) is 6.02. The van der Waals surface area contributed by atoms with E-state index in [1.165, 1.54) is 0 Å². The minimum atomic E-state index is 0.396. The number of piperidine rings is 1. The lowest BCUT2D eigenvalue weighted by atomic mass is 10.1. The Morgan fingerprint density at radius 1 is 1.14 bits per heavy atom. The third-order valence-electron chi connectivity index (χ3n) is 4.56. The van der Waals surface area contributed by atoms with E-state index < -0.39 is 0 Å². The van der Waals surface area contributed by atoms with E-state index in [2.05, 4.69) is 27.9 Å². The Kier molecular flexibility index (Phi) is 5.26. The van der Waals surface area contributed by atoms with Gasteiger partial charge in [0.2, 0.25) is 0 Å². The van der Waals surface area contributed by atoms with Crippen LogP contribution in [0.4, 0.5) is 5.82 Å². The Labute approximate surface area is 133 Å². The Hall–Kier alpha value is -1.20. The van der Waals surface area contributed by atoms with Crippen LogP contribution in [0.25, 0.3) is 0 Å². The number of aromatic nitrogens is 2. The summed E-state index contributed by atoms with van der Waals surface area (Å²) in [6, 6.07) is 2.13. The second-order valence-corrected chi connectivity index (χ2v) is 6.25. The van der Waals surface area contributed by atoms with Gasteiger partial charge in [-0.25, -0.2) is 9.97 Å². The number of hydrogen-bond acceptors (Lipinski definition) is 5. The first-order chi connectivity index (χ1) is 10.7. The molecule has 0 aliphatic carbocycles. The Bertz CT molecular complexity index is 481. The maximum absolute atomic E-state index is 6.25. The van der Waals surface area contributed by atoms with Crippen LogP contribution in [0.3, 0.4) is 0 Å². The van der Waals surface area contributed by atoms with Crippen LogP contribution >= 0.6 is 0 Å². The Morgan fingerprint density at radius 3 is 2.50 bits per heavy atom. The second kappa shape index (κ2) is 7.38. The van der Waals surface area contributed by atoms with E-state index in [4.69, 9.17) is 9.47 Å². The van der Waals surface area contributed by atoms with Crippen LogP contribution in [-0.4, -0.2) is 48.5 Å². The summed E-state index contributed by atoms with van der Waals surface area (Å²) >= 11 is 0. The van der Waals surface area contributed by atoms with Crippen LogP contribution in [0, 0.1) is 6.92 Å². The van der Waals surface area contributed by atoms with E-state index in [0.717, 1.165) is 75.7 Å². The molecule has 22 heavy (non-hydrogen) atoms. The standard InChI is InChI=1S/C17H27N3O2/c1-3-14-12-17(19-13(2)18-14)20-8-4-15(5-9-20)22-16-6-10-21-11-7-16/h12,15-16H,3-11H2,1-2H3. The van der Waals surface area contributed by atoms with Gasteiger partial charge in [-0.3, -0.25) is 0 Å². The van der Waals surface area contributed by atoms with Crippen molar-refractivity contribution in [3.8, 4) is 0 Å². The molecule has 0 radical (unpaired) electrons. The zero-order valence-electron chi connectivity index (χ0n) is 13.8. The second-order valence-electron chi connectivity index (χ2n) is 6.25. The van der Waals surface area contributed by atoms with Crippen molar-refractivity contribution >= 4 is 5.82 Å². The molecule has 0 amide bonds. The van der Waals surface area contributed by atoms with Gasteiger partial charge in [0, 0.05) is 38.1 Å². The molecule has 5 heteroatoms. The molecule has 5 nitrogen and oxygen atoms in total. The Balaban J connectivity index is 1.53. The van der Waals surface area contributed by atoms with Gasteiger partial charge in [0.1, 0.15) is 11.6 Å². The number of anilines is 1. The summed E-state index contributed by atoms with van der Waals surface area (Å²) in [6.45, 7) is 7.86. The van der Waals surface area contributed by atoms with E-state index in [1.54, 1.807) is 0 Å². The molecule has 0 saturated carbocycles. The maximum atomic E-state index is 6.25. The highest BCUT2D eigenvalue weighted by molar-refractivity contribution is 5.40. The van der Waals surface area contributed by atoms with Crippen molar-refractivity contribution in [2.45, 2.75) is 58.2 Å². The summed E-state index contributed by atoms with van der Waals surface area (Å²) in [4.78, 5) is 11.4. The number of hydrogen-bond donors (Lipinski definition) is 0. The highest BCUT2D eigenvalue weighted by Gasteiger charge is 2.25. The summed E-state index contributed by atoms with van der Waals surface area (Å²) in [7, 11) is 0. The maximum Gasteiger partial charge on any atom is 0.132 e. The summed E-state index contributed by atoms with van der Waals surface area (Å²) in [5.74, 6) is 1.95. The van der Waals surface area contributed by atoms with Gasteiger partial charge in [-0.15, -0.1) is 0 Å². The molecule has 0 unspecified atom stereocenters. The minimum absolute atomic E-state index is 0.396. The number of nitrogens with zero attached hydrogens (tertiary/aromatic N) is 3. The molecule has 3 heterocycles. The molecule has 0 N–H and O–H groups in total. The van der Waals surface area contributed by atoms with Crippen molar-refractivity contribution in [3.05, 3.63) is 17.6 Å². The molecular formula is C17H27N3O2. The predicted octanol–water partition coefficient (Wildman–Crippen LogP) is 2.51. The normalized spacial score (nSPS) is 21.3. The molecule has 0 bridgehead atoms. The lowest BCUT2D eigenvalue weighted by molar-refractivity contribution is -0.0743. The van der Waals surface area contributed by atoms with Crippen molar-refractivity contribution in [1.29, 1.82) is 0 Å². The Morgan fingerprint density at radius 2 is 1.82 bits per heavy atom. The van der Waals surface area contributed by atoms with Gasteiger partial charge in [-0.1, -0.05) is 6.92 Å². The molecule has 1 aromatic heterocycles. The van der Waals surface area contributed by atoms with Crippen LogP contribution in [0.2, 0.25) is 0 Å². The van der Waals surface area contributed by atoms with Crippen LogP contribution < -0.4 is 4.90 Å². The zero-order valence-corrected chi connectivity index (χ0v) is 13.8. The number of aryl methyl sites for hydroxylation is 2. The SMILES string of the molecule is CCc1cc(N2CCC(OC3CCOCC3)CC2)nc(C)n1. The molecule has 1 aromatic rings.